The summed E-state index contributed by atoms with van der Waals surface area (Å²) in [6, 6.07) is 0. The summed E-state index contributed by atoms with van der Waals surface area (Å²) in [6.45, 7) is 7.30. The average molecular weight is 340 g/mol. The Kier molecular flexibility index (Phi) is 2.81. The van der Waals surface area contributed by atoms with Gasteiger partial charge in [-0.25, -0.2) is 0 Å². The van der Waals surface area contributed by atoms with E-state index >= 15 is 0 Å². The zero-order valence-electron chi connectivity index (χ0n) is 10.9. The summed E-state index contributed by atoms with van der Waals surface area (Å²) < 4.78 is 1.44. The maximum atomic E-state index is 2.53. The van der Waals surface area contributed by atoms with E-state index < -0.39 is 0 Å². The van der Waals surface area contributed by atoms with Gasteiger partial charge >= 0.3 is 0 Å². The minimum atomic E-state index is 0.402. The maximum absolute atomic E-state index is 2.53. The zero-order chi connectivity index (χ0) is 12.2. The van der Waals surface area contributed by atoms with Gasteiger partial charge in [-0.3, -0.25) is 0 Å². The highest BCUT2D eigenvalue weighted by atomic mass is 127. The standard InChI is InChI=1S/C16H21I/c1-10-4-6-12-13-7-5-11(17)9-15(13)16(2,3)14(12)8-10/h4-6,9-10,12-14H,7-8H2,1-3H3/t10?,12?,13-,14?/m1/s1. The van der Waals surface area contributed by atoms with E-state index in [0.717, 1.165) is 23.7 Å². The Morgan fingerprint density at radius 3 is 2.82 bits per heavy atom. The van der Waals surface area contributed by atoms with Crippen LogP contribution in [0, 0.1) is 29.1 Å². The monoisotopic (exact) mass is 340 g/mol. The van der Waals surface area contributed by atoms with Crippen LogP contribution in [0.4, 0.5) is 0 Å². The Labute approximate surface area is 118 Å². The van der Waals surface area contributed by atoms with Crippen LogP contribution in [-0.4, -0.2) is 0 Å². The van der Waals surface area contributed by atoms with Crippen molar-refractivity contribution in [3.05, 3.63) is 33.5 Å². The van der Waals surface area contributed by atoms with Crippen LogP contribution in [0.1, 0.15) is 33.6 Å². The molecule has 0 bridgehead atoms. The summed E-state index contributed by atoms with van der Waals surface area (Å²) in [6.07, 6.45) is 12.5. The van der Waals surface area contributed by atoms with Crippen molar-refractivity contribution < 1.29 is 0 Å². The molecule has 1 saturated carbocycles. The van der Waals surface area contributed by atoms with Crippen molar-refractivity contribution in [1.82, 2.24) is 0 Å². The second kappa shape index (κ2) is 3.97. The van der Waals surface area contributed by atoms with Crippen LogP contribution in [-0.2, 0) is 0 Å². The molecule has 3 rings (SSSR count). The van der Waals surface area contributed by atoms with Crippen LogP contribution in [0.2, 0.25) is 0 Å². The quantitative estimate of drug-likeness (QED) is 0.424. The van der Waals surface area contributed by atoms with E-state index in [9.17, 15) is 0 Å². The first-order valence-electron chi connectivity index (χ1n) is 6.76. The molecule has 92 valence electrons. The predicted octanol–water partition coefficient (Wildman–Crippen LogP) is 5.12. The molecule has 1 fully saturated rings. The topological polar surface area (TPSA) is 0 Å². The van der Waals surface area contributed by atoms with E-state index in [-0.39, 0.29) is 0 Å². The molecule has 0 aliphatic heterocycles. The molecule has 0 nitrogen and oxygen atoms in total. The summed E-state index contributed by atoms with van der Waals surface area (Å²) in [5.74, 6) is 3.21. The molecule has 0 radical (unpaired) electrons. The molecule has 3 aliphatic rings. The second-order valence-electron chi connectivity index (χ2n) is 6.53. The molecule has 4 atom stereocenters. The number of rotatable bonds is 0. The molecular formula is C16H21I. The van der Waals surface area contributed by atoms with E-state index in [0.29, 0.717) is 5.41 Å². The first-order valence-corrected chi connectivity index (χ1v) is 7.84. The van der Waals surface area contributed by atoms with Gasteiger partial charge in [-0.15, -0.1) is 0 Å². The van der Waals surface area contributed by atoms with E-state index in [1.165, 1.54) is 16.4 Å². The Morgan fingerprint density at radius 2 is 2.06 bits per heavy atom. The molecule has 0 N–H and O–H groups in total. The second-order valence-corrected chi connectivity index (χ2v) is 7.78. The van der Waals surface area contributed by atoms with Crippen LogP contribution in [0.5, 0.6) is 0 Å². The molecule has 0 aromatic carbocycles. The Balaban J connectivity index is 2.04. The van der Waals surface area contributed by atoms with Crippen LogP contribution in [0.3, 0.4) is 0 Å². The van der Waals surface area contributed by atoms with Gasteiger partial charge in [-0.05, 0) is 70.6 Å². The van der Waals surface area contributed by atoms with Gasteiger partial charge in [-0.2, -0.15) is 0 Å². The molecule has 0 amide bonds. The van der Waals surface area contributed by atoms with Crippen molar-refractivity contribution >= 4 is 22.6 Å². The molecule has 0 saturated heterocycles. The lowest BCUT2D eigenvalue weighted by molar-refractivity contribution is 0.214. The van der Waals surface area contributed by atoms with E-state index in [1.807, 2.05) is 0 Å². The molecular weight excluding hydrogens is 319 g/mol. The van der Waals surface area contributed by atoms with Crippen molar-refractivity contribution in [3.8, 4) is 0 Å². The van der Waals surface area contributed by atoms with E-state index in [2.05, 4.69) is 67.7 Å². The van der Waals surface area contributed by atoms with Gasteiger partial charge in [0, 0.05) is 3.58 Å². The third kappa shape index (κ3) is 1.76. The van der Waals surface area contributed by atoms with Crippen LogP contribution < -0.4 is 0 Å². The largest absolute Gasteiger partial charge is 0.0854 e. The van der Waals surface area contributed by atoms with Crippen LogP contribution in [0.15, 0.2) is 33.5 Å². The highest BCUT2D eigenvalue weighted by Crippen LogP contribution is 2.60. The summed E-state index contributed by atoms with van der Waals surface area (Å²) in [5.41, 5.74) is 2.12. The third-order valence-corrected chi connectivity index (χ3v) is 5.90. The summed E-state index contributed by atoms with van der Waals surface area (Å²) in [7, 11) is 0. The maximum Gasteiger partial charge on any atom is 0.00900 e. The first-order chi connectivity index (χ1) is 8.00. The lowest BCUT2D eigenvalue weighted by Crippen LogP contribution is -2.26. The van der Waals surface area contributed by atoms with Gasteiger partial charge in [0.1, 0.15) is 0 Å². The lowest BCUT2D eigenvalue weighted by Gasteiger charge is -2.34. The van der Waals surface area contributed by atoms with Gasteiger partial charge in [-0.1, -0.05) is 44.6 Å². The average Bonchev–Trinajstić information content (AvgIpc) is 2.49. The first kappa shape index (κ1) is 12.0. The fourth-order valence-electron chi connectivity index (χ4n) is 4.20. The zero-order valence-corrected chi connectivity index (χ0v) is 13.1. The fraction of sp³-hybridized carbons (Fsp3) is 0.625. The molecule has 0 heterocycles. The highest BCUT2D eigenvalue weighted by molar-refractivity contribution is 14.1. The SMILES string of the molecule is CC1C=CC2C(C1)C(C)(C)C1=CC(I)=CC[C@@H]12. The number of hydrogen-bond donors (Lipinski definition) is 0. The van der Waals surface area contributed by atoms with Gasteiger partial charge in [0.2, 0.25) is 0 Å². The normalized spacial score (nSPS) is 42.6. The fourth-order valence-corrected chi connectivity index (χ4v) is 4.79. The van der Waals surface area contributed by atoms with Gasteiger partial charge in [0.15, 0.2) is 0 Å². The van der Waals surface area contributed by atoms with Crippen LogP contribution in [0.25, 0.3) is 0 Å². The number of fused-ring (bicyclic) bond motifs is 3. The van der Waals surface area contributed by atoms with Crippen molar-refractivity contribution in [2.24, 2.45) is 29.1 Å². The molecule has 17 heavy (non-hydrogen) atoms. The van der Waals surface area contributed by atoms with Gasteiger partial charge < -0.3 is 0 Å². The van der Waals surface area contributed by atoms with E-state index in [1.54, 1.807) is 5.57 Å². The van der Waals surface area contributed by atoms with Crippen molar-refractivity contribution in [1.29, 1.82) is 0 Å². The van der Waals surface area contributed by atoms with Gasteiger partial charge in [0.25, 0.3) is 0 Å². The minimum Gasteiger partial charge on any atom is -0.0854 e. The smallest absolute Gasteiger partial charge is 0.00900 e. The van der Waals surface area contributed by atoms with Crippen molar-refractivity contribution in [3.63, 3.8) is 0 Å². The van der Waals surface area contributed by atoms with Crippen molar-refractivity contribution in [2.45, 2.75) is 33.6 Å². The third-order valence-electron chi connectivity index (χ3n) is 5.15. The van der Waals surface area contributed by atoms with E-state index in [4.69, 9.17) is 0 Å². The molecule has 0 aromatic heterocycles. The molecule has 3 unspecified atom stereocenters. The number of halogens is 1. The lowest BCUT2D eigenvalue weighted by atomic mass is 9.70. The molecule has 0 spiro atoms. The Bertz CT molecular complexity index is 425. The van der Waals surface area contributed by atoms with Gasteiger partial charge in [0.05, 0.1) is 0 Å². The van der Waals surface area contributed by atoms with Crippen molar-refractivity contribution in [2.75, 3.05) is 0 Å². The van der Waals surface area contributed by atoms with Crippen LogP contribution >= 0.6 is 22.6 Å². The summed E-state index contributed by atoms with van der Waals surface area (Å²) in [5, 5.41) is 0. The Morgan fingerprint density at radius 1 is 1.29 bits per heavy atom. The number of allylic oxidation sites excluding steroid dienone is 6. The molecule has 3 aliphatic carbocycles. The summed E-state index contributed by atoms with van der Waals surface area (Å²) >= 11 is 2.47. The number of hydrogen-bond acceptors (Lipinski definition) is 0. The molecule has 1 heteroatoms. The minimum absolute atomic E-state index is 0.402. The Hall–Kier alpha value is -0.0500. The predicted molar refractivity (Wildman–Crippen MR) is 82.0 cm³/mol. The summed E-state index contributed by atoms with van der Waals surface area (Å²) in [4.78, 5) is 0. The highest BCUT2D eigenvalue weighted by Gasteiger charge is 2.51. The molecule has 0 aromatic rings.